The third-order valence-electron chi connectivity index (χ3n) is 7.71. The maximum Gasteiger partial charge on any atom is 0.190 e. The van der Waals surface area contributed by atoms with Crippen LogP contribution in [0.4, 0.5) is 0 Å². The van der Waals surface area contributed by atoms with Crippen molar-refractivity contribution in [2.24, 2.45) is 11.8 Å². The Morgan fingerprint density at radius 1 is 0.941 bits per heavy atom. The first-order chi connectivity index (χ1) is 16.7. The summed E-state index contributed by atoms with van der Waals surface area (Å²) in [4.78, 5) is 2.34. The van der Waals surface area contributed by atoms with Gasteiger partial charge in [-0.3, -0.25) is 4.90 Å². The molecule has 2 aliphatic rings. The molecule has 0 aromatic heterocycles. The zero-order chi connectivity index (χ0) is 23.6. The zero-order valence-corrected chi connectivity index (χ0v) is 20.6. The number of benzene rings is 2. The Labute approximate surface area is 205 Å². The highest BCUT2D eigenvalue weighted by molar-refractivity contribution is 5.24. The van der Waals surface area contributed by atoms with Gasteiger partial charge in [0.15, 0.2) is 6.79 Å². The predicted octanol–water partition coefficient (Wildman–Crippen LogP) is 5.58. The number of rotatable bonds is 12. The molecule has 186 valence electrons. The van der Waals surface area contributed by atoms with Crippen molar-refractivity contribution in [1.82, 2.24) is 4.90 Å². The van der Waals surface area contributed by atoms with E-state index >= 15 is 0 Å². The van der Waals surface area contributed by atoms with Crippen LogP contribution in [0.1, 0.15) is 57.4 Å². The number of ether oxygens (including phenoxy) is 3. The van der Waals surface area contributed by atoms with E-state index < -0.39 is 5.60 Å². The molecule has 1 aliphatic heterocycles. The van der Waals surface area contributed by atoms with E-state index in [2.05, 4.69) is 24.0 Å². The van der Waals surface area contributed by atoms with Gasteiger partial charge in [0.2, 0.25) is 0 Å². The van der Waals surface area contributed by atoms with E-state index in [0.29, 0.717) is 19.3 Å². The quantitative estimate of drug-likeness (QED) is 0.326. The molecule has 1 saturated carbocycles. The Hall–Kier alpha value is -1.92. The van der Waals surface area contributed by atoms with E-state index in [1.54, 1.807) is 0 Å². The highest BCUT2D eigenvalue weighted by atomic mass is 16.7. The standard InChI is InChI=1S/C29H41NO4/c1-2-28(33-21-29(31,26-13-9-10-14-26)25-11-5-3-6-12-25)24-17-19-30(20-18-24)22-32-23-34-27-15-7-4-8-16-27/h3-8,11-12,15-16,24,26,28,31H,2,9-10,13-14,17-23H2,1H3/t28-,29?/m1/s1. The molecule has 1 heterocycles. The Morgan fingerprint density at radius 3 is 2.24 bits per heavy atom. The number of aliphatic hydroxyl groups is 1. The van der Waals surface area contributed by atoms with Crippen molar-refractivity contribution in [3.8, 4) is 5.75 Å². The molecule has 2 aromatic rings. The fourth-order valence-electron chi connectivity index (χ4n) is 5.63. The van der Waals surface area contributed by atoms with Crippen LogP contribution in [-0.4, -0.2) is 49.3 Å². The molecule has 5 nitrogen and oxygen atoms in total. The summed E-state index contributed by atoms with van der Waals surface area (Å²) in [5.74, 6) is 1.63. The van der Waals surface area contributed by atoms with E-state index in [1.165, 1.54) is 12.8 Å². The number of likely N-dealkylation sites (tertiary alicyclic amines) is 1. The van der Waals surface area contributed by atoms with Crippen molar-refractivity contribution < 1.29 is 19.3 Å². The van der Waals surface area contributed by atoms with Gasteiger partial charge in [-0.15, -0.1) is 0 Å². The molecular formula is C29H41NO4. The molecule has 2 aromatic carbocycles. The van der Waals surface area contributed by atoms with E-state index in [-0.39, 0.29) is 18.8 Å². The molecule has 2 fully saturated rings. The van der Waals surface area contributed by atoms with Crippen LogP contribution in [0.2, 0.25) is 0 Å². The van der Waals surface area contributed by atoms with Crippen molar-refractivity contribution in [3.63, 3.8) is 0 Å². The van der Waals surface area contributed by atoms with Crippen LogP contribution in [0.3, 0.4) is 0 Å². The maximum absolute atomic E-state index is 11.8. The molecule has 1 N–H and O–H groups in total. The summed E-state index contributed by atoms with van der Waals surface area (Å²) in [5, 5.41) is 11.8. The normalized spacial score (nSPS) is 20.8. The number of piperidine rings is 1. The molecular weight excluding hydrogens is 426 g/mol. The van der Waals surface area contributed by atoms with Crippen molar-refractivity contribution in [1.29, 1.82) is 0 Å². The third-order valence-corrected chi connectivity index (χ3v) is 7.71. The van der Waals surface area contributed by atoms with Crippen LogP contribution >= 0.6 is 0 Å². The van der Waals surface area contributed by atoms with Crippen LogP contribution in [-0.2, 0) is 15.1 Å². The van der Waals surface area contributed by atoms with Crippen LogP contribution in [0, 0.1) is 11.8 Å². The lowest BCUT2D eigenvalue weighted by Gasteiger charge is -2.39. The van der Waals surface area contributed by atoms with Gasteiger partial charge in [-0.25, -0.2) is 0 Å². The molecule has 1 aliphatic carbocycles. The number of para-hydroxylation sites is 1. The van der Waals surface area contributed by atoms with Gasteiger partial charge in [-0.1, -0.05) is 68.3 Å². The Morgan fingerprint density at radius 2 is 1.59 bits per heavy atom. The molecule has 1 saturated heterocycles. The highest BCUT2D eigenvalue weighted by Crippen LogP contribution is 2.41. The number of hydrogen-bond donors (Lipinski definition) is 1. The van der Waals surface area contributed by atoms with Gasteiger partial charge in [0, 0.05) is 13.1 Å². The monoisotopic (exact) mass is 467 g/mol. The molecule has 4 rings (SSSR count). The minimum absolute atomic E-state index is 0.182. The lowest BCUT2D eigenvalue weighted by Crippen LogP contribution is -2.43. The summed E-state index contributed by atoms with van der Waals surface area (Å²) in [6, 6.07) is 19.9. The van der Waals surface area contributed by atoms with E-state index in [1.807, 2.05) is 48.5 Å². The molecule has 5 heteroatoms. The summed E-state index contributed by atoms with van der Waals surface area (Å²) in [7, 11) is 0. The van der Waals surface area contributed by atoms with Gasteiger partial charge < -0.3 is 19.3 Å². The van der Waals surface area contributed by atoms with Gasteiger partial charge in [-0.05, 0) is 61.6 Å². The van der Waals surface area contributed by atoms with Crippen LogP contribution < -0.4 is 4.74 Å². The summed E-state index contributed by atoms with van der Waals surface area (Å²) in [6.07, 6.45) is 7.91. The first-order valence-corrected chi connectivity index (χ1v) is 13.1. The molecule has 1 unspecified atom stereocenters. The molecule has 2 atom stereocenters. The van der Waals surface area contributed by atoms with Gasteiger partial charge in [0.1, 0.15) is 18.1 Å². The maximum atomic E-state index is 11.8. The molecule has 0 radical (unpaired) electrons. The number of hydrogen-bond acceptors (Lipinski definition) is 5. The van der Waals surface area contributed by atoms with Gasteiger partial charge >= 0.3 is 0 Å². The Kier molecular flexibility index (Phi) is 9.40. The second-order valence-electron chi connectivity index (χ2n) is 9.89. The topological polar surface area (TPSA) is 51.2 Å². The van der Waals surface area contributed by atoms with Crippen LogP contribution in [0.25, 0.3) is 0 Å². The summed E-state index contributed by atoms with van der Waals surface area (Å²) in [6.45, 7) is 5.46. The minimum Gasteiger partial charge on any atom is -0.468 e. The molecule has 34 heavy (non-hydrogen) atoms. The lowest BCUT2D eigenvalue weighted by atomic mass is 9.80. The summed E-state index contributed by atoms with van der Waals surface area (Å²) < 4.78 is 17.9. The lowest BCUT2D eigenvalue weighted by molar-refractivity contribution is -0.127. The van der Waals surface area contributed by atoms with Crippen molar-refractivity contribution in [3.05, 3.63) is 66.2 Å². The fraction of sp³-hybridized carbons (Fsp3) is 0.586. The van der Waals surface area contributed by atoms with E-state index in [9.17, 15) is 5.11 Å². The molecule has 0 bridgehead atoms. The Balaban J connectivity index is 1.23. The van der Waals surface area contributed by atoms with E-state index in [0.717, 1.165) is 56.5 Å². The van der Waals surface area contributed by atoms with Crippen LogP contribution in [0.15, 0.2) is 60.7 Å². The van der Waals surface area contributed by atoms with Gasteiger partial charge in [-0.2, -0.15) is 0 Å². The largest absolute Gasteiger partial charge is 0.468 e. The van der Waals surface area contributed by atoms with E-state index in [4.69, 9.17) is 14.2 Å². The highest BCUT2D eigenvalue weighted by Gasteiger charge is 2.41. The van der Waals surface area contributed by atoms with Crippen molar-refractivity contribution in [2.75, 3.05) is 33.2 Å². The average molecular weight is 468 g/mol. The molecule has 0 spiro atoms. The van der Waals surface area contributed by atoms with Gasteiger partial charge in [0.25, 0.3) is 0 Å². The predicted molar refractivity (Wildman–Crippen MR) is 135 cm³/mol. The van der Waals surface area contributed by atoms with Crippen molar-refractivity contribution >= 4 is 0 Å². The summed E-state index contributed by atoms with van der Waals surface area (Å²) in [5.41, 5.74) is 0.111. The number of nitrogens with zero attached hydrogens (tertiary/aromatic N) is 1. The zero-order valence-electron chi connectivity index (χ0n) is 20.6. The van der Waals surface area contributed by atoms with Gasteiger partial charge in [0.05, 0.1) is 12.7 Å². The second-order valence-corrected chi connectivity index (χ2v) is 9.89. The average Bonchev–Trinajstić information content (AvgIpc) is 3.45. The third kappa shape index (κ3) is 6.60. The van der Waals surface area contributed by atoms with Crippen LogP contribution in [0.5, 0.6) is 5.75 Å². The summed E-state index contributed by atoms with van der Waals surface area (Å²) >= 11 is 0. The first kappa shape index (κ1) is 25.2. The fourth-order valence-corrected chi connectivity index (χ4v) is 5.63. The SMILES string of the molecule is CC[C@@H](OCC(O)(c1ccccc1)C1CCCC1)C1CCN(COCOc2ccccc2)CC1. The van der Waals surface area contributed by atoms with Crippen molar-refractivity contribution in [2.45, 2.75) is 63.6 Å². The molecule has 0 amide bonds. The minimum atomic E-state index is -0.890. The first-order valence-electron chi connectivity index (χ1n) is 13.1. The smallest absolute Gasteiger partial charge is 0.190 e. The second kappa shape index (κ2) is 12.7. The Bertz CT molecular complexity index is 819.